The van der Waals surface area contributed by atoms with Crippen LogP contribution in [0.2, 0.25) is 0 Å². The number of hydrogen-bond acceptors (Lipinski definition) is 4. The fourth-order valence-electron chi connectivity index (χ4n) is 2.38. The van der Waals surface area contributed by atoms with Gasteiger partial charge in [-0.2, -0.15) is 0 Å². The topological polar surface area (TPSA) is 16.1 Å². The van der Waals surface area contributed by atoms with E-state index in [1.165, 1.54) is 53.5 Å². The number of aryl methyl sites for hydroxylation is 1. The van der Waals surface area contributed by atoms with Crippen LogP contribution in [0.25, 0.3) is 11.3 Å². The van der Waals surface area contributed by atoms with Crippen LogP contribution in [0, 0.1) is 13.8 Å². The molecule has 0 N–H and O–H groups in total. The van der Waals surface area contributed by atoms with Crippen molar-refractivity contribution in [3.63, 3.8) is 0 Å². The van der Waals surface area contributed by atoms with E-state index >= 15 is 0 Å². The molecule has 2 aromatic heterocycles. The van der Waals surface area contributed by atoms with Crippen molar-refractivity contribution >= 4 is 27.8 Å². The summed E-state index contributed by atoms with van der Waals surface area (Å²) in [6.45, 7) is 6.73. The summed E-state index contributed by atoms with van der Waals surface area (Å²) in [5, 5.41) is 5.64. The zero-order chi connectivity index (χ0) is 12.5. The number of aromatic nitrogens is 1. The number of thiazole rings is 1. The zero-order valence-electron chi connectivity index (χ0n) is 10.9. The first kappa shape index (κ1) is 12.2. The highest BCUT2D eigenvalue weighted by atomic mass is 32.1. The lowest BCUT2D eigenvalue weighted by Gasteiger charge is -2.25. The predicted molar refractivity (Wildman–Crippen MR) is 81.0 cm³/mol. The normalized spacial score (nSPS) is 16.2. The Kier molecular flexibility index (Phi) is 3.39. The van der Waals surface area contributed by atoms with Gasteiger partial charge in [0.05, 0.1) is 5.69 Å². The summed E-state index contributed by atoms with van der Waals surface area (Å²) in [4.78, 5) is 8.67. The Bertz CT molecular complexity index is 536. The molecule has 0 bridgehead atoms. The van der Waals surface area contributed by atoms with Crippen LogP contribution in [0.3, 0.4) is 0 Å². The van der Waals surface area contributed by atoms with Crippen molar-refractivity contribution < 1.29 is 0 Å². The molecule has 0 amide bonds. The molecule has 3 heterocycles. The third kappa shape index (κ3) is 2.19. The van der Waals surface area contributed by atoms with E-state index in [2.05, 4.69) is 29.5 Å². The van der Waals surface area contributed by atoms with E-state index in [0.717, 1.165) is 5.69 Å². The van der Waals surface area contributed by atoms with E-state index in [4.69, 9.17) is 4.98 Å². The zero-order valence-corrected chi connectivity index (χ0v) is 12.5. The molecule has 1 aliphatic rings. The van der Waals surface area contributed by atoms with Gasteiger partial charge in [-0.3, -0.25) is 0 Å². The third-order valence-corrected chi connectivity index (χ3v) is 5.59. The maximum absolute atomic E-state index is 4.83. The minimum atomic E-state index is 1.16. The molecule has 18 heavy (non-hydrogen) atoms. The molecular formula is C14H18N2S2. The lowest BCUT2D eigenvalue weighted by molar-refractivity contribution is 0.577. The maximum Gasteiger partial charge on any atom is 0.185 e. The summed E-state index contributed by atoms with van der Waals surface area (Å²) in [5.74, 6) is 0. The SMILES string of the molecule is Cc1scc(-c2csc(N3CCCCC3)n2)c1C. The van der Waals surface area contributed by atoms with Gasteiger partial charge in [0.2, 0.25) is 0 Å². The van der Waals surface area contributed by atoms with Gasteiger partial charge in [-0.05, 0) is 38.7 Å². The third-order valence-electron chi connectivity index (χ3n) is 3.68. The average molecular weight is 278 g/mol. The van der Waals surface area contributed by atoms with Gasteiger partial charge in [0.1, 0.15) is 0 Å². The number of hydrogen-bond donors (Lipinski definition) is 0. The summed E-state index contributed by atoms with van der Waals surface area (Å²) in [7, 11) is 0. The lowest BCUT2D eigenvalue weighted by Crippen LogP contribution is -2.29. The van der Waals surface area contributed by atoms with Crippen molar-refractivity contribution in [2.45, 2.75) is 33.1 Å². The molecule has 2 nitrogen and oxygen atoms in total. The highest BCUT2D eigenvalue weighted by molar-refractivity contribution is 7.14. The fraction of sp³-hybridized carbons (Fsp3) is 0.500. The second-order valence-corrected chi connectivity index (χ2v) is 6.81. The number of anilines is 1. The molecule has 4 heteroatoms. The molecule has 0 aromatic carbocycles. The van der Waals surface area contributed by atoms with Crippen LogP contribution in [0.15, 0.2) is 10.8 Å². The van der Waals surface area contributed by atoms with Crippen LogP contribution in [0.1, 0.15) is 29.7 Å². The first-order chi connectivity index (χ1) is 8.75. The van der Waals surface area contributed by atoms with Crippen molar-refractivity contribution in [3.05, 3.63) is 21.2 Å². The van der Waals surface area contributed by atoms with E-state index in [0.29, 0.717) is 0 Å². The van der Waals surface area contributed by atoms with Crippen LogP contribution in [0.5, 0.6) is 0 Å². The van der Waals surface area contributed by atoms with E-state index in [1.54, 1.807) is 11.3 Å². The second kappa shape index (κ2) is 5.02. The van der Waals surface area contributed by atoms with Gasteiger partial charge < -0.3 is 4.90 Å². The Balaban J connectivity index is 1.87. The maximum atomic E-state index is 4.83. The van der Waals surface area contributed by atoms with E-state index in [1.807, 2.05) is 11.3 Å². The largest absolute Gasteiger partial charge is 0.348 e. The van der Waals surface area contributed by atoms with Gasteiger partial charge in [0.15, 0.2) is 5.13 Å². The van der Waals surface area contributed by atoms with Crippen LogP contribution in [0.4, 0.5) is 5.13 Å². The van der Waals surface area contributed by atoms with Gasteiger partial charge in [-0.25, -0.2) is 4.98 Å². The fourth-order valence-corrected chi connectivity index (χ4v) is 4.14. The molecule has 1 saturated heterocycles. The molecule has 0 spiro atoms. The Morgan fingerprint density at radius 1 is 1.06 bits per heavy atom. The van der Waals surface area contributed by atoms with Gasteiger partial charge in [0, 0.05) is 34.3 Å². The lowest BCUT2D eigenvalue weighted by atomic mass is 10.1. The van der Waals surface area contributed by atoms with Gasteiger partial charge >= 0.3 is 0 Å². The van der Waals surface area contributed by atoms with Gasteiger partial charge in [-0.1, -0.05) is 0 Å². The van der Waals surface area contributed by atoms with Crippen molar-refractivity contribution in [1.82, 2.24) is 4.98 Å². The molecule has 0 unspecified atom stereocenters. The molecule has 0 aliphatic carbocycles. The summed E-state index contributed by atoms with van der Waals surface area (Å²) >= 11 is 3.61. The van der Waals surface area contributed by atoms with Crippen LogP contribution in [-0.2, 0) is 0 Å². The molecular weight excluding hydrogens is 260 g/mol. The summed E-state index contributed by atoms with van der Waals surface area (Å²) in [6, 6.07) is 0. The Labute approximate surface area is 116 Å². The average Bonchev–Trinajstić information content (AvgIpc) is 3.00. The van der Waals surface area contributed by atoms with Gasteiger partial charge in [-0.15, -0.1) is 22.7 Å². The molecule has 96 valence electrons. The highest BCUT2D eigenvalue weighted by Gasteiger charge is 2.16. The molecule has 1 aliphatic heterocycles. The minimum Gasteiger partial charge on any atom is -0.348 e. The summed E-state index contributed by atoms with van der Waals surface area (Å²) < 4.78 is 0. The highest BCUT2D eigenvalue weighted by Crippen LogP contribution is 2.34. The molecule has 0 atom stereocenters. The Hall–Kier alpha value is -0.870. The van der Waals surface area contributed by atoms with Crippen molar-refractivity contribution in [1.29, 1.82) is 0 Å². The van der Waals surface area contributed by atoms with E-state index in [9.17, 15) is 0 Å². The number of thiophene rings is 1. The molecule has 2 aromatic rings. The smallest absolute Gasteiger partial charge is 0.185 e. The standard InChI is InChI=1S/C14H18N2S2/c1-10-11(2)17-8-12(10)13-9-18-14(15-13)16-6-4-3-5-7-16/h8-9H,3-7H2,1-2H3. The van der Waals surface area contributed by atoms with Crippen molar-refractivity contribution in [2.75, 3.05) is 18.0 Å². The molecule has 0 saturated carbocycles. The van der Waals surface area contributed by atoms with Crippen molar-refractivity contribution in [3.8, 4) is 11.3 Å². The second-order valence-electron chi connectivity index (χ2n) is 4.89. The number of nitrogens with zero attached hydrogens (tertiary/aromatic N) is 2. The monoisotopic (exact) mass is 278 g/mol. The first-order valence-electron chi connectivity index (χ1n) is 6.51. The summed E-state index contributed by atoms with van der Waals surface area (Å²) in [6.07, 6.45) is 3.99. The van der Waals surface area contributed by atoms with E-state index in [-0.39, 0.29) is 0 Å². The quantitative estimate of drug-likeness (QED) is 0.805. The Morgan fingerprint density at radius 3 is 2.50 bits per heavy atom. The van der Waals surface area contributed by atoms with Gasteiger partial charge in [0.25, 0.3) is 0 Å². The predicted octanol–water partition coefficient (Wildman–Crippen LogP) is 4.48. The number of piperidine rings is 1. The van der Waals surface area contributed by atoms with Crippen LogP contribution < -0.4 is 4.90 Å². The van der Waals surface area contributed by atoms with Crippen LogP contribution in [-0.4, -0.2) is 18.1 Å². The first-order valence-corrected chi connectivity index (χ1v) is 8.27. The summed E-state index contributed by atoms with van der Waals surface area (Å²) in [5.41, 5.74) is 3.86. The van der Waals surface area contributed by atoms with Crippen molar-refractivity contribution in [2.24, 2.45) is 0 Å². The van der Waals surface area contributed by atoms with Crippen LogP contribution >= 0.6 is 22.7 Å². The molecule has 1 fully saturated rings. The molecule has 0 radical (unpaired) electrons. The van der Waals surface area contributed by atoms with E-state index < -0.39 is 0 Å². The molecule has 3 rings (SSSR count). The Morgan fingerprint density at radius 2 is 1.83 bits per heavy atom. The number of rotatable bonds is 2. The minimum absolute atomic E-state index is 1.16.